The maximum atomic E-state index is 12.8. The minimum absolute atomic E-state index is 0.163. The van der Waals surface area contributed by atoms with Crippen LogP contribution in [0.25, 0.3) is 0 Å². The van der Waals surface area contributed by atoms with Crippen LogP contribution in [0.1, 0.15) is 21.1 Å². The Hall–Kier alpha value is -3.01. The standard InChI is InChI=1S/C14H15F3N6O5S2/c1-6-8(7(5-29-6)9(24)23(2)3)30(26,27)22-12(25)20-11-18-10(14(15,16)17)19-13(21-11)28-4/h5H,1-4H3,(H2,18,19,20,21,22,25). The molecule has 0 saturated carbocycles. The number of nitrogens with zero attached hydrogens (tertiary/aromatic N) is 4. The summed E-state index contributed by atoms with van der Waals surface area (Å²) in [6.07, 6.45) is -4.97. The largest absolute Gasteiger partial charge is 0.467 e. The number of rotatable bonds is 5. The summed E-state index contributed by atoms with van der Waals surface area (Å²) >= 11 is 0.971. The maximum absolute atomic E-state index is 12.8. The van der Waals surface area contributed by atoms with Crippen molar-refractivity contribution in [3.63, 3.8) is 0 Å². The Balaban J connectivity index is 2.31. The smallest absolute Gasteiger partial charge is 0.451 e. The van der Waals surface area contributed by atoms with E-state index in [0.717, 1.165) is 23.3 Å². The van der Waals surface area contributed by atoms with Crippen molar-refractivity contribution in [1.29, 1.82) is 0 Å². The van der Waals surface area contributed by atoms with Gasteiger partial charge in [0.05, 0.1) is 12.7 Å². The van der Waals surface area contributed by atoms with Gasteiger partial charge in [0.2, 0.25) is 11.8 Å². The number of anilines is 1. The summed E-state index contributed by atoms with van der Waals surface area (Å²) in [6.45, 7) is 1.43. The molecule has 2 rings (SSSR count). The van der Waals surface area contributed by atoms with Crippen molar-refractivity contribution in [1.82, 2.24) is 24.6 Å². The van der Waals surface area contributed by atoms with Crippen molar-refractivity contribution in [2.45, 2.75) is 18.0 Å². The van der Waals surface area contributed by atoms with E-state index < -0.39 is 50.8 Å². The van der Waals surface area contributed by atoms with Crippen molar-refractivity contribution in [3.05, 3.63) is 21.6 Å². The zero-order chi connectivity index (χ0) is 22.9. The number of sulfonamides is 1. The van der Waals surface area contributed by atoms with E-state index in [9.17, 15) is 31.2 Å². The summed E-state index contributed by atoms with van der Waals surface area (Å²) in [5.41, 5.74) is -0.163. The number of thiophene rings is 1. The lowest BCUT2D eigenvalue weighted by atomic mass is 10.3. The lowest BCUT2D eigenvalue weighted by Gasteiger charge is -2.13. The average molecular weight is 468 g/mol. The summed E-state index contributed by atoms with van der Waals surface area (Å²) in [5, 5.41) is 3.09. The van der Waals surface area contributed by atoms with E-state index in [1.165, 1.54) is 26.4 Å². The Kier molecular flexibility index (Phi) is 6.51. The minimum Gasteiger partial charge on any atom is -0.467 e. The van der Waals surface area contributed by atoms with Crippen molar-refractivity contribution < 1.29 is 35.9 Å². The van der Waals surface area contributed by atoms with Crippen LogP contribution in [0.2, 0.25) is 0 Å². The van der Waals surface area contributed by atoms with Gasteiger partial charge < -0.3 is 9.64 Å². The van der Waals surface area contributed by atoms with Gasteiger partial charge in [-0.2, -0.15) is 28.1 Å². The van der Waals surface area contributed by atoms with Gasteiger partial charge in [-0.3, -0.25) is 10.1 Å². The summed E-state index contributed by atoms with van der Waals surface area (Å²) in [6, 6.07) is -2.20. The molecule has 0 aromatic carbocycles. The van der Waals surface area contributed by atoms with Gasteiger partial charge in [-0.1, -0.05) is 0 Å². The molecule has 0 aliphatic heterocycles. The maximum Gasteiger partial charge on any atom is 0.451 e. The van der Waals surface area contributed by atoms with Crippen LogP contribution < -0.4 is 14.8 Å². The molecule has 0 aliphatic rings. The molecule has 0 atom stereocenters. The Morgan fingerprint density at radius 2 is 1.83 bits per heavy atom. The van der Waals surface area contributed by atoms with E-state index in [4.69, 9.17) is 0 Å². The van der Waals surface area contributed by atoms with E-state index in [1.54, 1.807) is 10.0 Å². The molecular weight excluding hydrogens is 453 g/mol. The highest BCUT2D eigenvalue weighted by molar-refractivity contribution is 7.90. The topological polar surface area (TPSA) is 143 Å². The van der Waals surface area contributed by atoms with Gasteiger partial charge in [-0.15, -0.1) is 11.3 Å². The molecule has 0 spiro atoms. The fraction of sp³-hybridized carbons (Fsp3) is 0.357. The number of alkyl halides is 3. The Morgan fingerprint density at radius 3 is 2.37 bits per heavy atom. The van der Waals surface area contributed by atoms with E-state index >= 15 is 0 Å². The first-order valence-electron chi connectivity index (χ1n) is 7.77. The minimum atomic E-state index is -4.97. The third-order valence-corrected chi connectivity index (χ3v) is 5.88. The number of halogens is 3. The lowest BCUT2D eigenvalue weighted by Crippen LogP contribution is -2.36. The van der Waals surface area contributed by atoms with Crippen LogP contribution >= 0.6 is 11.3 Å². The number of methoxy groups -OCH3 is 1. The van der Waals surface area contributed by atoms with Crippen LogP contribution in [0, 0.1) is 6.92 Å². The normalized spacial score (nSPS) is 11.7. The van der Waals surface area contributed by atoms with Gasteiger partial charge in [-0.25, -0.2) is 17.9 Å². The Bertz CT molecular complexity index is 1080. The highest BCUT2D eigenvalue weighted by Gasteiger charge is 2.36. The van der Waals surface area contributed by atoms with Gasteiger partial charge in [0.25, 0.3) is 15.9 Å². The first-order chi connectivity index (χ1) is 13.8. The summed E-state index contributed by atoms with van der Waals surface area (Å²) < 4.78 is 69.9. The number of urea groups is 1. The third-order valence-electron chi connectivity index (χ3n) is 3.33. The number of carbonyl (C=O) groups excluding carboxylic acids is 2. The molecule has 0 aliphatic carbocycles. The predicted molar refractivity (Wildman–Crippen MR) is 97.8 cm³/mol. The van der Waals surface area contributed by atoms with Crippen LogP contribution in [0.15, 0.2) is 10.3 Å². The molecule has 164 valence electrons. The van der Waals surface area contributed by atoms with Gasteiger partial charge in [-0.05, 0) is 6.92 Å². The average Bonchev–Trinajstić information content (AvgIpc) is 3.01. The van der Waals surface area contributed by atoms with Gasteiger partial charge in [0, 0.05) is 24.4 Å². The quantitative estimate of drug-likeness (QED) is 0.672. The van der Waals surface area contributed by atoms with E-state index in [1.807, 2.05) is 0 Å². The summed E-state index contributed by atoms with van der Waals surface area (Å²) in [4.78, 5) is 34.7. The van der Waals surface area contributed by atoms with E-state index in [0.29, 0.717) is 0 Å². The molecule has 11 nitrogen and oxygen atoms in total. The number of carbonyl (C=O) groups is 2. The van der Waals surface area contributed by atoms with Crippen LogP contribution in [0.4, 0.5) is 23.9 Å². The van der Waals surface area contributed by atoms with Crippen LogP contribution in [0.5, 0.6) is 6.01 Å². The number of nitrogens with one attached hydrogen (secondary N) is 2. The van der Waals surface area contributed by atoms with E-state index in [-0.39, 0.29) is 10.4 Å². The lowest BCUT2D eigenvalue weighted by molar-refractivity contribution is -0.145. The Morgan fingerprint density at radius 1 is 1.20 bits per heavy atom. The van der Waals surface area contributed by atoms with Crippen molar-refractivity contribution in [2.24, 2.45) is 0 Å². The number of hydrogen-bond donors (Lipinski definition) is 2. The highest BCUT2D eigenvalue weighted by atomic mass is 32.2. The molecule has 2 aromatic rings. The summed E-state index contributed by atoms with van der Waals surface area (Å²) in [5.74, 6) is -3.16. The predicted octanol–water partition coefficient (Wildman–Crippen LogP) is 1.48. The monoisotopic (exact) mass is 468 g/mol. The number of ether oxygens (including phenoxy) is 1. The van der Waals surface area contributed by atoms with Crippen LogP contribution in [0.3, 0.4) is 0 Å². The fourth-order valence-electron chi connectivity index (χ4n) is 2.10. The van der Waals surface area contributed by atoms with Crippen LogP contribution in [-0.4, -0.2) is 61.4 Å². The van der Waals surface area contributed by atoms with Crippen molar-refractivity contribution in [2.75, 3.05) is 26.5 Å². The molecule has 2 aromatic heterocycles. The Labute approximate surface area is 172 Å². The molecule has 0 bridgehead atoms. The third kappa shape index (κ3) is 5.12. The number of hydrogen-bond acceptors (Lipinski definition) is 9. The first kappa shape index (κ1) is 23.3. The van der Waals surface area contributed by atoms with Crippen molar-refractivity contribution in [3.8, 4) is 6.01 Å². The molecule has 2 heterocycles. The fourth-order valence-corrected chi connectivity index (χ4v) is 4.59. The SMILES string of the molecule is COc1nc(NC(=O)NS(=O)(=O)c2c(C(=O)N(C)C)csc2C)nc(C(F)(F)F)n1. The highest BCUT2D eigenvalue weighted by Crippen LogP contribution is 2.28. The zero-order valence-corrected chi connectivity index (χ0v) is 17.5. The number of aromatic nitrogens is 3. The van der Waals surface area contributed by atoms with Crippen LogP contribution in [-0.2, 0) is 16.2 Å². The molecule has 0 saturated heterocycles. The molecular formula is C14H15F3N6O5S2. The molecule has 30 heavy (non-hydrogen) atoms. The molecule has 3 amide bonds. The van der Waals surface area contributed by atoms with Crippen molar-refractivity contribution >= 4 is 39.2 Å². The molecule has 0 fully saturated rings. The molecule has 0 radical (unpaired) electrons. The number of amides is 3. The van der Waals surface area contributed by atoms with Gasteiger partial charge in [0.15, 0.2) is 0 Å². The first-order valence-corrected chi connectivity index (χ1v) is 10.1. The molecule has 16 heteroatoms. The molecule has 2 N–H and O–H groups in total. The second-order valence-electron chi connectivity index (χ2n) is 5.76. The molecule has 0 unspecified atom stereocenters. The second kappa shape index (κ2) is 8.39. The summed E-state index contributed by atoms with van der Waals surface area (Å²) in [7, 11) is -0.732. The second-order valence-corrected chi connectivity index (χ2v) is 8.46. The zero-order valence-electron chi connectivity index (χ0n) is 15.9. The van der Waals surface area contributed by atoms with Gasteiger partial charge in [0.1, 0.15) is 4.90 Å². The number of aryl methyl sites for hydroxylation is 1. The van der Waals surface area contributed by atoms with E-state index in [2.05, 4.69) is 19.7 Å². The van der Waals surface area contributed by atoms with Gasteiger partial charge >= 0.3 is 18.2 Å².